The van der Waals surface area contributed by atoms with Crippen molar-refractivity contribution in [1.82, 2.24) is 5.32 Å². The zero-order valence-electron chi connectivity index (χ0n) is 14.2. The Kier molecular flexibility index (Phi) is 5.36. The highest BCUT2D eigenvalue weighted by atomic mass is 32.1. The van der Waals surface area contributed by atoms with E-state index in [0.29, 0.717) is 5.11 Å². The summed E-state index contributed by atoms with van der Waals surface area (Å²) >= 11 is 5.51. The van der Waals surface area contributed by atoms with Crippen molar-refractivity contribution in [2.45, 2.75) is 45.3 Å². The molecule has 24 heavy (non-hydrogen) atoms. The summed E-state index contributed by atoms with van der Waals surface area (Å²) in [5.41, 5.74) is 3.73. The summed E-state index contributed by atoms with van der Waals surface area (Å²) in [6, 6.07) is 16.8. The average Bonchev–Trinajstić information content (AvgIpc) is 2.55. The lowest BCUT2D eigenvalue weighted by Crippen LogP contribution is -2.34. The monoisotopic (exact) mass is 340 g/mol. The molecule has 0 spiro atoms. The van der Waals surface area contributed by atoms with Crippen molar-refractivity contribution in [3.8, 4) is 5.75 Å². The Hall–Kier alpha value is -2.07. The zero-order valence-corrected chi connectivity index (χ0v) is 15.0. The van der Waals surface area contributed by atoms with E-state index in [2.05, 4.69) is 34.9 Å². The van der Waals surface area contributed by atoms with Crippen LogP contribution in [-0.2, 0) is 6.42 Å². The second-order valence-electron chi connectivity index (χ2n) is 6.44. The maximum absolute atomic E-state index is 5.73. The molecule has 0 saturated heterocycles. The van der Waals surface area contributed by atoms with Gasteiger partial charge in [0, 0.05) is 11.8 Å². The average molecular weight is 340 g/mol. The van der Waals surface area contributed by atoms with E-state index >= 15 is 0 Å². The van der Waals surface area contributed by atoms with Gasteiger partial charge in [0.1, 0.15) is 5.75 Å². The Morgan fingerprint density at radius 1 is 1.17 bits per heavy atom. The Morgan fingerprint density at radius 2 is 2.00 bits per heavy atom. The third-order valence-corrected chi connectivity index (χ3v) is 4.36. The molecule has 4 heteroatoms. The van der Waals surface area contributed by atoms with Crippen LogP contribution in [0.3, 0.4) is 0 Å². The van der Waals surface area contributed by atoms with Crippen molar-refractivity contribution in [3.05, 3.63) is 59.7 Å². The molecule has 1 aliphatic carbocycles. The van der Waals surface area contributed by atoms with E-state index in [9.17, 15) is 0 Å². The van der Waals surface area contributed by atoms with E-state index in [0.717, 1.165) is 24.3 Å². The molecule has 126 valence electrons. The number of aryl methyl sites for hydroxylation is 1. The number of fused-ring (bicyclic) bond motifs is 1. The fourth-order valence-electron chi connectivity index (χ4n) is 3.15. The zero-order chi connectivity index (χ0) is 16.9. The van der Waals surface area contributed by atoms with E-state index in [-0.39, 0.29) is 12.1 Å². The molecule has 2 aromatic rings. The van der Waals surface area contributed by atoms with Crippen molar-refractivity contribution < 1.29 is 4.74 Å². The largest absolute Gasteiger partial charge is 0.491 e. The second-order valence-corrected chi connectivity index (χ2v) is 6.84. The van der Waals surface area contributed by atoms with Gasteiger partial charge in [-0.2, -0.15) is 0 Å². The molecule has 3 nitrogen and oxygen atoms in total. The first-order valence-electron chi connectivity index (χ1n) is 8.54. The molecule has 2 N–H and O–H groups in total. The summed E-state index contributed by atoms with van der Waals surface area (Å²) < 4.78 is 5.73. The minimum Gasteiger partial charge on any atom is -0.491 e. The molecule has 3 rings (SSSR count). The molecular weight excluding hydrogens is 316 g/mol. The molecule has 0 radical (unpaired) electrons. The van der Waals surface area contributed by atoms with Crippen LogP contribution < -0.4 is 15.4 Å². The summed E-state index contributed by atoms with van der Waals surface area (Å²) in [5.74, 6) is 0.848. The van der Waals surface area contributed by atoms with Gasteiger partial charge in [-0.15, -0.1) is 0 Å². The number of hydrogen-bond donors (Lipinski definition) is 2. The molecule has 2 aromatic carbocycles. The second kappa shape index (κ2) is 7.67. The quantitative estimate of drug-likeness (QED) is 0.781. The molecule has 0 aliphatic heterocycles. The van der Waals surface area contributed by atoms with E-state index in [1.54, 1.807) is 0 Å². The van der Waals surface area contributed by atoms with Gasteiger partial charge < -0.3 is 15.4 Å². The maximum atomic E-state index is 5.73. The number of ether oxygens (including phenoxy) is 1. The summed E-state index contributed by atoms with van der Waals surface area (Å²) in [5, 5.41) is 7.39. The molecule has 0 bridgehead atoms. The first-order valence-corrected chi connectivity index (χ1v) is 8.94. The third kappa shape index (κ3) is 4.26. The van der Waals surface area contributed by atoms with Crippen LogP contribution in [-0.4, -0.2) is 11.2 Å². The number of anilines is 1. The number of thiocarbonyl (C=S) groups is 1. The van der Waals surface area contributed by atoms with Gasteiger partial charge in [-0.05, 0) is 68.6 Å². The molecule has 0 saturated carbocycles. The predicted molar refractivity (Wildman–Crippen MR) is 104 cm³/mol. The van der Waals surface area contributed by atoms with E-state index in [4.69, 9.17) is 17.0 Å². The molecule has 0 fully saturated rings. The van der Waals surface area contributed by atoms with Gasteiger partial charge in [0.2, 0.25) is 0 Å². The van der Waals surface area contributed by atoms with Crippen LogP contribution in [0.2, 0.25) is 0 Å². The van der Waals surface area contributed by atoms with Crippen LogP contribution in [0.15, 0.2) is 48.5 Å². The van der Waals surface area contributed by atoms with Gasteiger partial charge in [-0.25, -0.2) is 0 Å². The first kappa shape index (κ1) is 16.8. The molecule has 0 unspecified atom stereocenters. The summed E-state index contributed by atoms with van der Waals surface area (Å²) in [4.78, 5) is 0. The van der Waals surface area contributed by atoms with Crippen LogP contribution in [0.4, 0.5) is 5.69 Å². The van der Waals surface area contributed by atoms with Crippen LogP contribution in [0, 0.1) is 0 Å². The molecule has 0 amide bonds. The van der Waals surface area contributed by atoms with Crippen molar-refractivity contribution >= 4 is 23.0 Å². The number of nitrogens with one attached hydrogen (secondary N) is 2. The molecule has 0 heterocycles. The topological polar surface area (TPSA) is 33.3 Å². The first-order chi connectivity index (χ1) is 11.6. The standard InChI is InChI=1S/C20H24N2OS/c1-14(2)23-17-10-6-9-16(13-17)21-20(24)22-19-12-5-8-15-7-3-4-11-18(15)19/h3-4,6-7,9-11,13-14,19H,5,8,12H2,1-2H3,(H2,21,22,24)/t19-/m1/s1. The molecule has 0 aromatic heterocycles. The molecule has 1 aliphatic rings. The van der Waals surface area contributed by atoms with Gasteiger partial charge in [-0.1, -0.05) is 30.3 Å². The third-order valence-electron chi connectivity index (χ3n) is 4.14. The lowest BCUT2D eigenvalue weighted by Gasteiger charge is -2.27. The Morgan fingerprint density at radius 3 is 2.83 bits per heavy atom. The van der Waals surface area contributed by atoms with Crippen LogP contribution in [0.5, 0.6) is 5.75 Å². The minimum absolute atomic E-state index is 0.157. The summed E-state index contributed by atoms with van der Waals surface area (Å²) in [6.45, 7) is 4.04. The van der Waals surface area contributed by atoms with Crippen LogP contribution >= 0.6 is 12.2 Å². The fourth-order valence-corrected chi connectivity index (χ4v) is 3.41. The van der Waals surface area contributed by atoms with E-state index in [1.165, 1.54) is 17.5 Å². The fraction of sp³-hybridized carbons (Fsp3) is 0.350. The van der Waals surface area contributed by atoms with Gasteiger partial charge >= 0.3 is 0 Å². The summed E-state index contributed by atoms with van der Waals surface area (Å²) in [7, 11) is 0. The Bertz CT molecular complexity index is 714. The van der Waals surface area contributed by atoms with Gasteiger partial charge in [0.25, 0.3) is 0 Å². The smallest absolute Gasteiger partial charge is 0.171 e. The number of hydrogen-bond acceptors (Lipinski definition) is 2. The predicted octanol–water partition coefficient (Wildman–Crippen LogP) is 4.84. The Labute approximate surface area is 149 Å². The Balaban J connectivity index is 1.64. The van der Waals surface area contributed by atoms with Crippen molar-refractivity contribution in [2.24, 2.45) is 0 Å². The highest BCUT2D eigenvalue weighted by molar-refractivity contribution is 7.80. The lowest BCUT2D eigenvalue weighted by atomic mass is 9.88. The summed E-state index contributed by atoms with van der Waals surface area (Å²) in [6.07, 6.45) is 3.61. The SMILES string of the molecule is CC(C)Oc1cccc(NC(=S)N[C@@H]2CCCc3ccccc32)c1. The van der Waals surface area contributed by atoms with Gasteiger partial charge in [0.15, 0.2) is 5.11 Å². The number of rotatable bonds is 4. The molecular formula is C20H24N2OS. The highest BCUT2D eigenvalue weighted by Crippen LogP contribution is 2.29. The van der Waals surface area contributed by atoms with Crippen molar-refractivity contribution in [3.63, 3.8) is 0 Å². The van der Waals surface area contributed by atoms with Crippen molar-refractivity contribution in [2.75, 3.05) is 5.32 Å². The lowest BCUT2D eigenvalue weighted by molar-refractivity contribution is 0.242. The van der Waals surface area contributed by atoms with Crippen LogP contribution in [0.1, 0.15) is 43.9 Å². The maximum Gasteiger partial charge on any atom is 0.171 e. The van der Waals surface area contributed by atoms with Gasteiger partial charge in [-0.3, -0.25) is 0 Å². The van der Waals surface area contributed by atoms with E-state index < -0.39 is 0 Å². The number of benzene rings is 2. The molecule has 1 atom stereocenters. The highest BCUT2D eigenvalue weighted by Gasteiger charge is 2.20. The minimum atomic E-state index is 0.157. The van der Waals surface area contributed by atoms with Crippen LogP contribution in [0.25, 0.3) is 0 Å². The normalized spacial score (nSPS) is 16.4. The van der Waals surface area contributed by atoms with Crippen molar-refractivity contribution in [1.29, 1.82) is 0 Å². The van der Waals surface area contributed by atoms with E-state index in [1.807, 2.05) is 38.1 Å². The van der Waals surface area contributed by atoms with Gasteiger partial charge in [0.05, 0.1) is 12.1 Å².